The van der Waals surface area contributed by atoms with E-state index in [-0.39, 0.29) is 31.1 Å². The van der Waals surface area contributed by atoms with Crippen molar-refractivity contribution in [3.63, 3.8) is 0 Å². The van der Waals surface area contributed by atoms with Crippen molar-refractivity contribution in [2.75, 3.05) is 13.2 Å². The Hall–Kier alpha value is -1.59. The van der Waals surface area contributed by atoms with Crippen LogP contribution in [0.3, 0.4) is 0 Å². The van der Waals surface area contributed by atoms with Crippen molar-refractivity contribution < 1.29 is 28.6 Å². The second-order valence-corrected chi connectivity index (χ2v) is 18.2. The minimum Gasteiger partial charge on any atom is -0.462 e. The molecule has 0 heterocycles. The van der Waals surface area contributed by atoms with E-state index in [1.54, 1.807) is 0 Å². The molecule has 0 saturated carbocycles. The Bertz CT molecular complexity index is 874. The lowest BCUT2D eigenvalue weighted by molar-refractivity contribution is -0.167. The van der Waals surface area contributed by atoms with Crippen molar-refractivity contribution in [1.29, 1.82) is 0 Å². The molecule has 1 atom stereocenters. The van der Waals surface area contributed by atoms with Crippen molar-refractivity contribution in [2.24, 2.45) is 0 Å². The Morgan fingerprint density at radius 1 is 0.271 bits per heavy atom. The number of carbonyl (C=O) groups is 3. The Balaban J connectivity index is 4.20. The zero-order valence-electron chi connectivity index (χ0n) is 40.1. The number of carbonyl (C=O) groups excluding carboxylic acids is 3. The number of rotatable bonds is 49. The standard InChI is InChI=1S/C53H102O6/c1-4-7-10-13-16-19-22-24-25-26-27-28-29-30-32-35-37-40-43-46-52(55)58-49-50(59-53(56)47-44-41-38-33-21-18-15-12-9-6-3)48-57-51(54)45-42-39-36-34-31-23-20-17-14-11-8-5-2/h50H,4-49H2,1-3H3/t50-/m0/s1. The number of esters is 3. The predicted octanol–water partition coefficient (Wildman–Crippen LogP) is 17.2. The second-order valence-electron chi connectivity index (χ2n) is 18.2. The van der Waals surface area contributed by atoms with Crippen LogP contribution in [0.4, 0.5) is 0 Å². The summed E-state index contributed by atoms with van der Waals surface area (Å²) in [5.41, 5.74) is 0. The van der Waals surface area contributed by atoms with Crippen LogP contribution in [-0.2, 0) is 28.6 Å². The average molecular weight is 835 g/mol. The van der Waals surface area contributed by atoms with E-state index in [0.717, 1.165) is 57.8 Å². The van der Waals surface area contributed by atoms with Crippen LogP contribution in [0.25, 0.3) is 0 Å². The van der Waals surface area contributed by atoms with Gasteiger partial charge in [-0.2, -0.15) is 0 Å². The highest BCUT2D eigenvalue weighted by atomic mass is 16.6. The van der Waals surface area contributed by atoms with E-state index >= 15 is 0 Å². The quantitative estimate of drug-likeness (QED) is 0.0345. The zero-order chi connectivity index (χ0) is 43.0. The smallest absolute Gasteiger partial charge is 0.306 e. The average Bonchev–Trinajstić information content (AvgIpc) is 3.23. The SMILES string of the molecule is CCCCCCCCCCCCCCCCCCCCCC(=O)OC[C@H](COC(=O)CCCCCCCCCCCCCC)OC(=O)CCCCCCCCCCCC. The maximum atomic E-state index is 12.7. The van der Waals surface area contributed by atoms with Crippen molar-refractivity contribution in [3.8, 4) is 0 Å². The number of hydrogen-bond donors (Lipinski definition) is 0. The predicted molar refractivity (Wildman–Crippen MR) is 252 cm³/mol. The summed E-state index contributed by atoms with van der Waals surface area (Å²) >= 11 is 0. The highest BCUT2D eigenvalue weighted by Gasteiger charge is 2.19. The first kappa shape index (κ1) is 57.4. The molecule has 0 unspecified atom stereocenters. The van der Waals surface area contributed by atoms with Crippen molar-refractivity contribution >= 4 is 17.9 Å². The van der Waals surface area contributed by atoms with Crippen molar-refractivity contribution in [2.45, 2.75) is 309 Å². The Morgan fingerprint density at radius 2 is 0.458 bits per heavy atom. The lowest BCUT2D eigenvalue weighted by Crippen LogP contribution is -2.30. The molecule has 350 valence electrons. The van der Waals surface area contributed by atoms with Crippen LogP contribution in [0.2, 0.25) is 0 Å². The number of ether oxygens (including phenoxy) is 3. The molecule has 0 aromatic heterocycles. The highest BCUT2D eigenvalue weighted by Crippen LogP contribution is 2.17. The van der Waals surface area contributed by atoms with Crippen LogP contribution in [0.5, 0.6) is 0 Å². The molecule has 0 aromatic rings. The van der Waals surface area contributed by atoms with Crippen molar-refractivity contribution in [3.05, 3.63) is 0 Å². The summed E-state index contributed by atoms with van der Waals surface area (Å²) in [7, 11) is 0. The zero-order valence-corrected chi connectivity index (χ0v) is 40.1. The molecule has 0 fully saturated rings. The van der Waals surface area contributed by atoms with Crippen LogP contribution < -0.4 is 0 Å². The molecule has 6 nitrogen and oxygen atoms in total. The summed E-state index contributed by atoms with van der Waals surface area (Å²) in [6, 6.07) is 0. The van der Waals surface area contributed by atoms with Crippen molar-refractivity contribution in [1.82, 2.24) is 0 Å². The summed E-state index contributed by atoms with van der Waals surface area (Å²) < 4.78 is 16.8. The van der Waals surface area contributed by atoms with Gasteiger partial charge in [0.15, 0.2) is 6.10 Å². The molecule has 0 aliphatic heterocycles. The van der Waals surface area contributed by atoms with E-state index in [9.17, 15) is 14.4 Å². The van der Waals surface area contributed by atoms with E-state index in [0.29, 0.717) is 19.3 Å². The lowest BCUT2D eigenvalue weighted by atomic mass is 10.0. The second kappa shape index (κ2) is 49.1. The fraction of sp³-hybridized carbons (Fsp3) is 0.943. The molecule has 0 aliphatic rings. The third kappa shape index (κ3) is 47.3. The Labute approximate surface area is 368 Å². The van der Waals surface area contributed by atoms with Crippen LogP contribution in [0, 0.1) is 0 Å². The lowest BCUT2D eigenvalue weighted by Gasteiger charge is -2.18. The molecule has 0 bridgehead atoms. The normalized spacial score (nSPS) is 11.8. The van der Waals surface area contributed by atoms with E-state index < -0.39 is 6.10 Å². The first-order chi connectivity index (χ1) is 29.0. The van der Waals surface area contributed by atoms with Gasteiger partial charge < -0.3 is 14.2 Å². The largest absolute Gasteiger partial charge is 0.462 e. The van der Waals surface area contributed by atoms with Gasteiger partial charge in [-0.15, -0.1) is 0 Å². The highest BCUT2D eigenvalue weighted by molar-refractivity contribution is 5.71. The molecule has 0 saturated heterocycles. The van der Waals surface area contributed by atoms with E-state index in [1.165, 1.54) is 205 Å². The third-order valence-corrected chi connectivity index (χ3v) is 12.1. The fourth-order valence-corrected chi connectivity index (χ4v) is 8.09. The first-order valence-corrected chi connectivity index (χ1v) is 26.5. The molecule has 0 radical (unpaired) electrons. The molecule has 6 heteroatoms. The van der Waals surface area contributed by atoms with Gasteiger partial charge in [0.1, 0.15) is 13.2 Å². The van der Waals surface area contributed by atoms with Gasteiger partial charge in [-0.3, -0.25) is 14.4 Å². The molecule has 0 aromatic carbocycles. The summed E-state index contributed by atoms with van der Waals surface area (Å²) in [6.45, 7) is 6.67. The van der Waals surface area contributed by atoms with E-state index in [2.05, 4.69) is 20.8 Å². The topological polar surface area (TPSA) is 78.9 Å². The molecule has 0 rings (SSSR count). The van der Waals surface area contributed by atoms with E-state index in [4.69, 9.17) is 14.2 Å². The molecular weight excluding hydrogens is 733 g/mol. The minimum atomic E-state index is -0.759. The van der Waals surface area contributed by atoms with Gasteiger partial charge in [0.2, 0.25) is 0 Å². The van der Waals surface area contributed by atoms with Gasteiger partial charge in [0, 0.05) is 19.3 Å². The third-order valence-electron chi connectivity index (χ3n) is 12.1. The fourth-order valence-electron chi connectivity index (χ4n) is 8.09. The molecular formula is C53H102O6. The molecule has 59 heavy (non-hydrogen) atoms. The van der Waals surface area contributed by atoms with Gasteiger partial charge in [0.25, 0.3) is 0 Å². The van der Waals surface area contributed by atoms with Gasteiger partial charge in [-0.05, 0) is 19.3 Å². The maximum Gasteiger partial charge on any atom is 0.306 e. The number of unbranched alkanes of at least 4 members (excludes halogenated alkanes) is 38. The molecule has 0 aliphatic carbocycles. The summed E-state index contributed by atoms with van der Waals surface area (Å²) in [6.07, 6.45) is 52.3. The Kier molecular flexibility index (Phi) is 47.7. The van der Waals surface area contributed by atoms with Gasteiger partial charge in [0.05, 0.1) is 0 Å². The van der Waals surface area contributed by atoms with E-state index in [1.807, 2.05) is 0 Å². The minimum absolute atomic E-state index is 0.0619. The van der Waals surface area contributed by atoms with Crippen LogP contribution in [0.1, 0.15) is 303 Å². The molecule has 0 N–H and O–H groups in total. The molecule has 0 spiro atoms. The molecule has 0 amide bonds. The number of hydrogen-bond acceptors (Lipinski definition) is 6. The maximum absolute atomic E-state index is 12.7. The van der Waals surface area contributed by atoms with Gasteiger partial charge in [-0.25, -0.2) is 0 Å². The summed E-state index contributed by atoms with van der Waals surface area (Å²) in [5.74, 6) is -0.842. The van der Waals surface area contributed by atoms with Crippen LogP contribution in [0.15, 0.2) is 0 Å². The monoisotopic (exact) mass is 835 g/mol. The van der Waals surface area contributed by atoms with Gasteiger partial charge in [-0.1, -0.05) is 265 Å². The first-order valence-electron chi connectivity index (χ1n) is 26.5. The van der Waals surface area contributed by atoms with Gasteiger partial charge >= 0.3 is 17.9 Å². The summed E-state index contributed by atoms with van der Waals surface area (Å²) in [5, 5.41) is 0. The van der Waals surface area contributed by atoms with Crippen LogP contribution in [-0.4, -0.2) is 37.2 Å². The summed E-state index contributed by atoms with van der Waals surface area (Å²) in [4.78, 5) is 37.9. The van der Waals surface area contributed by atoms with Crippen LogP contribution >= 0.6 is 0 Å². The Morgan fingerprint density at radius 3 is 0.678 bits per heavy atom.